The van der Waals surface area contributed by atoms with Crippen LogP contribution in [0.4, 0.5) is 5.69 Å². The maximum Gasteiger partial charge on any atom is 0.238 e. The van der Waals surface area contributed by atoms with E-state index < -0.39 is 10.0 Å². The molecule has 0 atom stereocenters. The number of hydrogen-bond acceptors (Lipinski definition) is 3. The number of benzene rings is 1. The quantitative estimate of drug-likeness (QED) is 0.705. The summed E-state index contributed by atoms with van der Waals surface area (Å²) < 4.78 is 21.9. The monoisotopic (exact) mass is 214 g/mol. The first-order valence-corrected chi connectivity index (χ1v) is 5.33. The molecule has 0 spiro atoms. The topological polar surface area (TPSA) is 89.3 Å². The van der Waals surface area contributed by atoms with Crippen LogP contribution < -0.4 is 10.5 Å². The normalized spacial score (nSPS) is 11.0. The van der Waals surface area contributed by atoms with E-state index >= 15 is 0 Å². The van der Waals surface area contributed by atoms with E-state index in [1.807, 2.05) is 0 Å². The molecule has 0 aliphatic carbocycles. The second-order valence-electron chi connectivity index (χ2n) is 2.78. The number of rotatable bonds is 3. The second-order valence-corrected chi connectivity index (χ2v) is 4.35. The first-order valence-electron chi connectivity index (χ1n) is 3.79. The van der Waals surface area contributed by atoms with E-state index in [0.717, 1.165) is 5.56 Å². The minimum atomic E-state index is -3.72. The summed E-state index contributed by atoms with van der Waals surface area (Å²) in [5.74, 6) is 0. The number of nitrogens with one attached hydrogen (secondary N) is 1. The maximum atomic E-state index is 11.0. The molecule has 0 radical (unpaired) electrons. The van der Waals surface area contributed by atoms with Gasteiger partial charge in [0.15, 0.2) is 0 Å². The van der Waals surface area contributed by atoms with E-state index in [4.69, 9.17) is 5.14 Å². The standard InChI is InChI=1S/C8H10N2O3S/c1-6-2-3-7(14(9,12)13)4-8(6)10-5-11/h2-5H,1H3,(H,10,11)(H2,9,12,13). The van der Waals surface area contributed by atoms with Gasteiger partial charge in [0, 0.05) is 5.69 Å². The molecule has 1 aromatic rings. The molecule has 14 heavy (non-hydrogen) atoms. The lowest BCUT2D eigenvalue weighted by Gasteiger charge is -2.05. The molecule has 0 aliphatic rings. The molecule has 0 aliphatic heterocycles. The van der Waals surface area contributed by atoms with Gasteiger partial charge in [0.2, 0.25) is 16.4 Å². The van der Waals surface area contributed by atoms with Crippen LogP contribution in [0, 0.1) is 6.92 Å². The third-order valence-electron chi connectivity index (χ3n) is 1.75. The van der Waals surface area contributed by atoms with Gasteiger partial charge in [-0.15, -0.1) is 0 Å². The van der Waals surface area contributed by atoms with Crippen molar-refractivity contribution in [1.29, 1.82) is 0 Å². The summed E-state index contributed by atoms with van der Waals surface area (Å²) >= 11 is 0. The van der Waals surface area contributed by atoms with Gasteiger partial charge in [-0.05, 0) is 24.6 Å². The van der Waals surface area contributed by atoms with Crippen LogP contribution in [0.3, 0.4) is 0 Å². The minimum Gasteiger partial charge on any atom is -0.328 e. The van der Waals surface area contributed by atoms with Gasteiger partial charge in [-0.1, -0.05) is 6.07 Å². The van der Waals surface area contributed by atoms with E-state index in [9.17, 15) is 13.2 Å². The highest BCUT2D eigenvalue weighted by Gasteiger charge is 2.09. The molecule has 0 bridgehead atoms. The molecule has 0 heterocycles. The van der Waals surface area contributed by atoms with Crippen LogP contribution in [0.2, 0.25) is 0 Å². The summed E-state index contributed by atoms with van der Waals surface area (Å²) in [5.41, 5.74) is 1.20. The minimum absolute atomic E-state index is 0.0209. The molecule has 1 aromatic carbocycles. The molecular weight excluding hydrogens is 204 g/mol. The van der Waals surface area contributed by atoms with Crippen LogP contribution in [0.1, 0.15) is 5.56 Å². The number of hydrogen-bond donors (Lipinski definition) is 2. The lowest BCUT2D eigenvalue weighted by atomic mass is 10.2. The fraction of sp³-hybridized carbons (Fsp3) is 0.125. The third kappa shape index (κ3) is 2.30. The predicted molar refractivity (Wildman–Crippen MR) is 52.2 cm³/mol. The van der Waals surface area contributed by atoms with Gasteiger partial charge < -0.3 is 5.32 Å². The molecule has 0 saturated carbocycles. The van der Waals surface area contributed by atoms with Crippen molar-refractivity contribution in [3.05, 3.63) is 23.8 Å². The molecule has 0 saturated heterocycles. The van der Waals surface area contributed by atoms with Gasteiger partial charge >= 0.3 is 0 Å². The number of carbonyl (C=O) groups excluding carboxylic acids is 1. The molecule has 6 heteroatoms. The van der Waals surface area contributed by atoms with Crippen molar-refractivity contribution in [1.82, 2.24) is 0 Å². The largest absolute Gasteiger partial charge is 0.328 e. The van der Waals surface area contributed by atoms with Crippen molar-refractivity contribution in [2.45, 2.75) is 11.8 Å². The smallest absolute Gasteiger partial charge is 0.238 e. The van der Waals surface area contributed by atoms with Crippen LogP contribution in [-0.4, -0.2) is 14.8 Å². The zero-order valence-corrected chi connectivity index (χ0v) is 8.34. The summed E-state index contributed by atoms with van der Waals surface area (Å²) in [5, 5.41) is 7.32. The average Bonchev–Trinajstić information content (AvgIpc) is 2.07. The summed E-state index contributed by atoms with van der Waals surface area (Å²) in [6.07, 6.45) is 0.481. The molecule has 5 nitrogen and oxygen atoms in total. The Balaban J connectivity index is 3.26. The Morgan fingerprint density at radius 1 is 1.43 bits per heavy atom. The van der Waals surface area contributed by atoms with Crippen LogP contribution in [0.25, 0.3) is 0 Å². The van der Waals surface area contributed by atoms with Gasteiger partial charge in [0.1, 0.15) is 0 Å². The number of carbonyl (C=O) groups is 1. The Kier molecular flexibility index (Phi) is 2.87. The number of amides is 1. The Bertz CT molecular complexity index is 454. The molecule has 0 fully saturated rings. The molecule has 1 rings (SSSR count). The van der Waals surface area contributed by atoms with Crippen molar-refractivity contribution >= 4 is 22.1 Å². The maximum absolute atomic E-state index is 11.0. The molecule has 1 amide bonds. The third-order valence-corrected chi connectivity index (χ3v) is 2.66. The summed E-state index contributed by atoms with van der Waals surface area (Å²) in [4.78, 5) is 10.2. The zero-order chi connectivity index (χ0) is 10.8. The van der Waals surface area contributed by atoms with Crippen LogP contribution >= 0.6 is 0 Å². The number of sulfonamides is 1. The molecule has 0 unspecified atom stereocenters. The van der Waals surface area contributed by atoms with Crippen molar-refractivity contribution in [3.63, 3.8) is 0 Å². The van der Waals surface area contributed by atoms with Crippen LogP contribution in [-0.2, 0) is 14.8 Å². The number of nitrogens with two attached hydrogens (primary N) is 1. The Labute approximate surface area is 82.0 Å². The van der Waals surface area contributed by atoms with Crippen molar-refractivity contribution in [3.8, 4) is 0 Å². The van der Waals surface area contributed by atoms with Gasteiger partial charge in [-0.3, -0.25) is 4.79 Å². The lowest BCUT2D eigenvalue weighted by Crippen LogP contribution is -2.12. The first kappa shape index (κ1) is 10.7. The highest BCUT2D eigenvalue weighted by Crippen LogP contribution is 2.18. The fourth-order valence-corrected chi connectivity index (χ4v) is 1.54. The molecular formula is C8H10N2O3S. The van der Waals surface area contributed by atoms with E-state index in [-0.39, 0.29) is 4.90 Å². The number of primary sulfonamides is 1. The van der Waals surface area contributed by atoms with Crippen molar-refractivity contribution < 1.29 is 13.2 Å². The zero-order valence-electron chi connectivity index (χ0n) is 7.52. The van der Waals surface area contributed by atoms with Gasteiger partial charge in [-0.2, -0.15) is 0 Å². The lowest BCUT2D eigenvalue weighted by molar-refractivity contribution is -0.105. The van der Waals surface area contributed by atoms with Crippen molar-refractivity contribution in [2.75, 3.05) is 5.32 Å². The SMILES string of the molecule is Cc1ccc(S(N)(=O)=O)cc1NC=O. The Hall–Kier alpha value is -1.40. The van der Waals surface area contributed by atoms with Gasteiger partial charge in [0.05, 0.1) is 4.90 Å². The number of anilines is 1. The summed E-state index contributed by atoms with van der Waals surface area (Å²) in [6.45, 7) is 1.75. The first-order chi connectivity index (χ1) is 6.45. The van der Waals surface area contributed by atoms with Gasteiger partial charge in [-0.25, -0.2) is 13.6 Å². The summed E-state index contributed by atoms with van der Waals surface area (Å²) in [7, 11) is -3.72. The molecule has 76 valence electrons. The molecule has 0 aromatic heterocycles. The van der Waals surface area contributed by atoms with Crippen molar-refractivity contribution in [2.24, 2.45) is 5.14 Å². The fourth-order valence-electron chi connectivity index (χ4n) is 0.997. The highest BCUT2D eigenvalue weighted by atomic mass is 32.2. The highest BCUT2D eigenvalue weighted by molar-refractivity contribution is 7.89. The van der Waals surface area contributed by atoms with E-state index in [2.05, 4.69) is 5.32 Å². The van der Waals surface area contributed by atoms with E-state index in [1.54, 1.807) is 13.0 Å². The van der Waals surface area contributed by atoms with Gasteiger partial charge in [0.25, 0.3) is 0 Å². The Morgan fingerprint density at radius 2 is 2.07 bits per heavy atom. The van der Waals surface area contributed by atoms with Crippen LogP contribution in [0.5, 0.6) is 0 Å². The number of aryl methyl sites for hydroxylation is 1. The second kappa shape index (κ2) is 3.77. The molecule has 3 N–H and O–H groups in total. The van der Waals surface area contributed by atoms with E-state index in [0.29, 0.717) is 12.1 Å². The van der Waals surface area contributed by atoms with E-state index in [1.165, 1.54) is 12.1 Å². The average molecular weight is 214 g/mol. The predicted octanol–water partition coefficient (Wildman–Crippen LogP) is 0.211. The Morgan fingerprint density at radius 3 is 2.57 bits per heavy atom. The summed E-state index contributed by atoms with van der Waals surface area (Å²) in [6, 6.07) is 4.28. The van der Waals surface area contributed by atoms with Crippen LogP contribution in [0.15, 0.2) is 23.1 Å².